The molecule has 0 spiro atoms. The summed E-state index contributed by atoms with van der Waals surface area (Å²) in [4.78, 5) is 4.38. The smallest absolute Gasteiger partial charge is 0.169 e. The normalized spacial score (nSPS) is 14.3. The number of nitrogens with zero attached hydrogens (tertiary/aromatic N) is 1. The molecule has 5 rings (SSSR count). The van der Waals surface area contributed by atoms with Crippen LogP contribution < -0.4 is 9.47 Å². The molecule has 35 heavy (non-hydrogen) atoms. The Morgan fingerprint density at radius 2 is 1.80 bits per heavy atom. The van der Waals surface area contributed by atoms with Crippen molar-refractivity contribution >= 4 is 33.5 Å². The van der Waals surface area contributed by atoms with Gasteiger partial charge in [0.15, 0.2) is 11.5 Å². The minimum Gasteiger partial charge on any atom is -0.504 e. The van der Waals surface area contributed by atoms with Gasteiger partial charge in [0.05, 0.1) is 26.9 Å². The Hall–Kier alpha value is -2.75. The molecule has 6 nitrogen and oxygen atoms in total. The first-order valence-corrected chi connectivity index (χ1v) is 13.0. The summed E-state index contributed by atoms with van der Waals surface area (Å²) in [7, 11) is 1.60. The van der Waals surface area contributed by atoms with E-state index in [9.17, 15) is 5.11 Å². The molecule has 4 aromatic rings. The molecule has 182 valence electrons. The molecule has 1 aliphatic heterocycles. The molecule has 0 unspecified atom stereocenters. The van der Waals surface area contributed by atoms with Gasteiger partial charge in [-0.15, -0.1) is 11.3 Å². The lowest BCUT2D eigenvalue weighted by molar-refractivity contribution is 0.0333. The van der Waals surface area contributed by atoms with Crippen LogP contribution in [0.3, 0.4) is 0 Å². The van der Waals surface area contributed by atoms with E-state index >= 15 is 0 Å². The van der Waals surface area contributed by atoms with Crippen LogP contribution in [0.25, 0.3) is 20.5 Å². The van der Waals surface area contributed by atoms with E-state index in [1.54, 1.807) is 24.5 Å². The number of hydrogen-bond acceptors (Lipinski definition) is 8. The first-order chi connectivity index (χ1) is 17.2. The topological polar surface area (TPSA) is 60.4 Å². The highest BCUT2D eigenvalue weighted by Gasteiger charge is 2.16. The molecule has 0 bridgehead atoms. The number of fused-ring (bicyclic) bond motifs is 1. The number of phenolic OH excluding ortho intramolecular Hbond substituents is 1. The standard InChI is InChI=1S/C27H27NO5S2/c1-30-24-18-23(29)25(17-22(24)27-16-19-4-2-3-5-26(19)34-27)33-20-6-8-21(9-7-20)35-32-15-12-28-10-13-31-14-11-28/h2-9,16-18,29H,10-15H2,1H3. The van der Waals surface area contributed by atoms with Crippen LogP contribution in [0, 0.1) is 0 Å². The second kappa shape index (κ2) is 11.3. The van der Waals surface area contributed by atoms with Crippen LogP contribution in [-0.4, -0.2) is 56.6 Å². The summed E-state index contributed by atoms with van der Waals surface area (Å²) in [6.07, 6.45) is 0. The van der Waals surface area contributed by atoms with Crippen LogP contribution in [0.4, 0.5) is 0 Å². The van der Waals surface area contributed by atoms with Crippen LogP contribution in [0.1, 0.15) is 0 Å². The van der Waals surface area contributed by atoms with Gasteiger partial charge in [-0.05, 0) is 47.9 Å². The summed E-state index contributed by atoms with van der Waals surface area (Å²) in [6.45, 7) is 5.07. The maximum atomic E-state index is 10.6. The first-order valence-electron chi connectivity index (χ1n) is 11.5. The van der Waals surface area contributed by atoms with Crippen LogP contribution >= 0.6 is 23.4 Å². The van der Waals surface area contributed by atoms with Crippen LogP contribution in [0.15, 0.2) is 71.6 Å². The van der Waals surface area contributed by atoms with Gasteiger partial charge in [-0.1, -0.05) is 18.2 Å². The molecular formula is C27H27NO5S2. The monoisotopic (exact) mass is 509 g/mol. The van der Waals surface area contributed by atoms with Gasteiger partial charge in [-0.25, -0.2) is 0 Å². The molecule has 1 fully saturated rings. The van der Waals surface area contributed by atoms with Crippen molar-refractivity contribution in [3.05, 3.63) is 66.7 Å². The number of methoxy groups -OCH3 is 1. The van der Waals surface area contributed by atoms with Crippen molar-refractivity contribution in [2.75, 3.05) is 46.6 Å². The van der Waals surface area contributed by atoms with E-state index in [-0.39, 0.29) is 5.75 Å². The average Bonchev–Trinajstić information content (AvgIpc) is 3.33. The molecule has 3 aromatic carbocycles. The number of morpholine rings is 1. The molecule has 0 atom stereocenters. The van der Waals surface area contributed by atoms with E-state index in [1.807, 2.05) is 42.5 Å². The van der Waals surface area contributed by atoms with Crippen LogP contribution in [0.2, 0.25) is 0 Å². The van der Waals surface area contributed by atoms with E-state index < -0.39 is 0 Å². The Labute approximate surface area is 213 Å². The fourth-order valence-electron chi connectivity index (χ4n) is 3.90. The predicted octanol–water partition coefficient (Wildman–Crippen LogP) is 6.43. The number of ether oxygens (including phenoxy) is 3. The maximum Gasteiger partial charge on any atom is 0.169 e. The molecule has 2 heterocycles. The minimum absolute atomic E-state index is 0.0246. The summed E-state index contributed by atoms with van der Waals surface area (Å²) >= 11 is 3.03. The summed E-state index contributed by atoms with van der Waals surface area (Å²) in [5.74, 6) is 1.63. The lowest BCUT2D eigenvalue weighted by Crippen LogP contribution is -2.38. The summed E-state index contributed by atoms with van der Waals surface area (Å²) < 4.78 is 23.9. The Balaban J connectivity index is 1.25. The molecule has 0 radical (unpaired) electrons. The van der Waals surface area contributed by atoms with Crippen LogP contribution in [-0.2, 0) is 8.92 Å². The third-order valence-electron chi connectivity index (χ3n) is 5.77. The van der Waals surface area contributed by atoms with Crippen molar-refractivity contribution in [2.45, 2.75) is 4.90 Å². The van der Waals surface area contributed by atoms with E-state index in [1.165, 1.54) is 22.1 Å². The molecule has 0 amide bonds. The van der Waals surface area contributed by atoms with Crippen molar-refractivity contribution in [3.63, 3.8) is 0 Å². The first kappa shape index (κ1) is 24.0. The molecule has 0 aliphatic carbocycles. The Bertz CT molecular complexity index is 1240. The molecule has 0 saturated carbocycles. The zero-order valence-electron chi connectivity index (χ0n) is 19.4. The Morgan fingerprint density at radius 3 is 2.57 bits per heavy atom. The summed E-state index contributed by atoms with van der Waals surface area (Å²) in [5, 5.41) is 11.7. The molecule has 1 aliphatic rings. The lowest BCUT2D eigenvalue weighted by Gasteiger charge is -2.26. The van der Waals surface area contributed by atoms with Crippen molar-refractivity contribution in [2.24, 2.45) is 0 Å². The third kappa shape index (κ3) is 5.91. The third-order valence-corrected chi connectivity index (χ3v) is 7.67. The van der Waals surface area contributed by atoms with Crippen LogP contribution in [0.5, 0.6) is 23.0 Å². The molecule has 1 N–H and O–H groups in total. The van der Waals surface area contributed by atoms with E-state index in [4.69, 9.17) is 18.4 Å². The molecule has 1 saturated heterocycles. The van der Waals surface area contributed by atoms with E-state index in [0.29, 0.717) is 23.9 Å². The van der Waals surface area contributed by atoms with Crippen molar-refractivity contribution in [3.8, 4) is 33.4 Å². The van der Waals surface area contributed by atoms with Gasteiger partial charge < -0.3 is 23.5 Å². The molecular weight excluding hydrogens is 482 g/mol. The van der Waals surface area contributed by atoms with Gasteiger partial charge in [0.25, 0.3) is 0 Å². The van der Waals surface area contributed by atoms with Gasteiger partial charge in [0, 0.05) is 57.8 Å². The highest BCUT2D eigenvalue weighted by Crippen LogP contribution is 2.44. The number of phenols is 1. The minimum atomic E-state index is 0.0246. The lowest BCUT2D eigenvalue weighted by atomic mass is 10.1. The highest BCUT2D eigenvalue weighted by molar-refractivity contribution is 7.94. The average molecular weight is 510 g/mol. The Morgan fingerprint density at radius 1 is 1.00 bits per heavy atom. The van der Waals surface area contributed by atoms with Crippen molar-refractivity contribution in [1.82, 2.24) is 4.90 Å². The van der Waals surface area contributed by atoms with Crippen molar-refractivity contribution < 1.29 is 23.5 Å². The second-order valence-corrected chi connectivity index (χ2v) is 10.1. The van der Waals surface area contributed by atoms with Gasteiger partial charge >= 0.3 is 0 Å². The fraction of sp³-hybridized carbons (Fsp3) is 0.259. The SMILES string of the molecule is COc1cc(O)c(Oc2ccc(SOCCN3CCOCC3)cc2)cc1-c1cc2ccccc2s1. The predicted molar refractivity (Wildman–Crippen MR) is 141 cm³/mol. The number of benzene rings is 3. The largest absolute Gasteiger partial charge is 0.504 e. The fourth-order valence-corrected chi connectivity index (χ4v) is 5.52. The molecule has 1 aromatic heterocycles. The number of aromatic hydroxyl groups is 1. The zero-order valence-corrected chi connectivity index (χ0v) is 21.1. The number of thiophene rings is 1. The van der Waals surface area contributed by atoms with Gasteiger partial charge in [0.2, 0.25) is 0 Å². The van der Waals surface area contributed by atoms with E-state index in [2.05, 4.69) is 23.1 Å². The Kier molecular flexibility index (Phi) is 7.75. The molecule has 8 heteroatoms. The summed E-state index contributed by atoms with van der Waals surface area (Å²) in [5.41, 5.74) is 0.877. The zero-order chi connectivity index (χ0) is 24.0. The van der Waals surface area contributed by atoms with Crippen molar-refractivity contribution in [1.29, 1.82) is 0 Å². The summed E-state index contributed by atoms with van der Waals surface area (Å²) in [6, 6.07) is 21.4. The quantitative estimate of drug-likeness (QED) is 0.206. The van der Waals surface area contributed by atoms with Gasteiger partial charge in [0.1, 0.15) is 11.5 Å². The highest BCUT2D eigenvalue weighted by atomic mass is 32.2. The number of rotatable bonds is 9. The van der Waals surface area contributed by atoms with Gasteiger partial charge in [-0.3, -0.25) is 4.90 Å². The maximum absolute atomic E-state index is 10.6. The van der Waals surface area contributed by atoms with Gasteiger partial charge in [-0.2, -0.15) is 0 Å². The number of hydrogen-bond donors (Lipinski definition) is 1. The second-order valence-electron chi connectivity index (χ2n) is 8.10. The van der Waals surface area contributed by atoms with E-state index in [0.717, 1.165) is 48.2 Å².